The van der Waals surface area contributed by atoms with Crippen molar-refractivity contribution in [1.82, 2.24) is 5.32 Å². The van der Waals surface area contributed by atoms with Crippen molar-refractivity contribution in [2.75, 3.05) is 11.5 Å². The average molecular weight is 265 g/mol. The van der Waals surface area contributed by atoms with Crippen LogP contribution in [0.5, 0.6) is 0 Å². The summed E-state index contributed by atoms with van der Waals surface area (Å²) in [7, 11) is 0. The molecule has 0 saturated carbocycles. The Balaban J connectivity index is 2.86. The number of anilines is 2. The molecule has 1 aromatic rings. The first-order valence-corrected chi connectivity index (χ1v) is 6.52. The molecule has 0 spiro atoms. The van der Waals surface area contributed by atoms with E-state index in [4.69, 9.17) is 16.6 Å². The summed E-state index contributed by atoms with van der Waals surface area (Å²) in [6, 6.07) is 3.95. The van der Waals surface area contributed by atoms with Crippen LogP contribution >= 0.6 is 0 Å². The molecule has 0 amide bonds. The van der Waals surface area contributed by atoms with Crippen molar-refractivity contribution in [3.05, 3.63) is 23.3 Å². The lowest BCUT2D eigenvalue weighted by Gasteiger charge is -2.20. The van der Waals surface area contributed by atoms with E-state index in [1.165, 1.54) is 6.07 Å². The summed E-state index contributed by atoms with van der Waals surface area (Å²) in [5, 5.41) is 12.4. The highest BCUT2D eigenvalue weighted by Crippen LogP contribution is 2.25. The van der Waals surface area contributed by atoms with Gasteiger partial charge in [-0.25, -0.2) is 4.79 Å². The first-order chi connectivity index (χ1) is 8.86. The molecule has 2 unspecified atom stereocenters. The number of nitrogens with one attached hydrogen (secondary N) is 1. The van der Waals surface area contributed by atoms with E-state index in [1.54, 1.807) is 6.07 Å². The highest BCUT2D eigenvalue weighted by atomic mass is 16.4. The molecule has 0 radical (unpaired) electrons. The van der Waals surface area contributed by atoms with Crippen LogP contribution in [-0.4, -0.2) is 23.2 Å². The fourth-order valence-corrected chi connectivity index (χ4v) is 2.04. The number of rotatable bonds is 6. The minimum Gasteiger partial charge on any atom is -0.478 e. The van der Waals surface area contributed by atoms with Gasteiger partial charge in [-0.3, -0.25) is 0 Å². The third-order valence-electron chi connectivity index (χ3n) is 3.32. The Morgan fingerprint density at radius 1 is 1.26 bits per heavy atom. The van der Waals surface area contributed by atoms with Crippen LogP contribution in [0.2, 0.25) is 0 Å². The number of carboxylic acids is 1. The number of hydrogen-bond donors (Lipinski definition) is 4. The molecule has 0 aliphatic heterocycles. The number of hydrogen-bond acceptors (Lipinski definition) is 4. The van der Waals surface area contributed by atoms with Crippen LogP contribution in [0.3, 0.4) is 0 Å². The monoisotopic (exact) mass is 265 g/mol. The van der Waals surface area contributed by atoms with E-state index in [0.29, 0.717) is 11.7 Å². The van der Waals surface area contributed by atoms with Gasteiger partial charge in [-0.1, -0.05) is 13.0 Å². The number of carboxylic acid groups (broad SMARTS) is 1. The van der Waals surface area contributed by atoms with Crippen molar-refractivity contribution in [3.8, 4) is 0 Å². The van der Waals surface area contributed by atoms with Crippen molar-refractivity contribution < 1.29 is 9.90 Å². The van der Waals surface area contributed by atoms with Crippen LogP contribution in [0, 0.1) is 0 Å². The third-order valence-corrected chi connectivity index (χ3v) is 3.32. The minimum absolute atomic E-state index is 0.0591. The van der Waals surface area contributed by atoms with E-state index in [2.05, 4.69) is 26.1 Å². The van der Waals surface area contributed by atoms with Gasteiger partial charge in [0.2, 0.25) is 0 Å². The van der Waals surface area contributed by atoms with Gasteiger partial charge in [-0.2, -0.15) is 0 Å². The van der Waals surface area contributed by atoms with Crippen LogP contribution < -0.4 is 16.8 Å². The van der Waals surface area contributed by atoms with Crippen molar-refractivity contribution in [1.29, 1.82) is 0 Å². The highest BCUT2D eigenvalue weighted by Gasteiger charge is 2.15. The zero-order valence-electron chi connectivity index (χ0n) is 11.7. The predicted molar refractivity (Wildman–Crippen MR) is 78.3 cm³/mol. The molecule has 0 bridgehead atoms. The second kappa shape index (κ2) is 6.43. The molecule has 2 atom stereocenters. The molecular weight excluding hydrogens is 242 g/mol. The third kappa shape index (κ3) is 3.86. The number of carbonyl (C=O) groups is 1. The summed E-state index contributed by atoms with van der Waals surface area (Å²) in [4.78, 5) is 10.9. The van der Waals surface area contributed by atoms with Gasteiger partial charge in [0.1, 0.15) is 0 Å². The smallest absolute Gasteiger partial charge is 0.337 e. The standard InChI is InChI=1S/C14H23N3O2/c1-4-8(2)17-9(3)7-10-5-6-11(14(18)19)13(16)12(10)15/h5-6,8-9,17H,4,7,15-16H2,1-3H3,(H,18,19). The molecule has 5 heteroatoms. The van der Waals surface area contributed by atoms with Gasteiger partial charge in [0.15, 0.2) is 0 Å². The van der Waals surface area contributed by atoms with Gasteiger partial charge in [0.25, 0.3) is 0 Å². The highest BCUT2D eigenvalue weighted by molar-refractivity contribution is 5.97. The Hall–Kier alpha value is -1.75. The summed E-state index contributed by atoms with van der Waals surface area (Å²) >= 11 is 0. The fraction of sp³-hybridized carbons (Fsp3) is 0.500. The SMILES string of the molecule is CCC(C)NC(C)Cc1ccc(C(=O)O)c(N)c1N. The van der Waals surface area contributed by atoms with Gasteiger partial charge < -0.3 is 21.9 Å². The molecule has 106 valence electrons. The van der Waals surface area contributed by atoms with E-state index in [9.17, 15) is 4.79 Å². The topological polar surface area (TPSA) is 101 Å². The molecule has 5 nitrogen and oxygen atoms in total. The fourth-order valence-electron chi connectivity index (χ4n) is 2.04. The Morgan fingerprint density at radius 3 is 2.42 bits per heavy atom. The molecule has 0 fully saturated rings. The lowest BCUT2D eigenvalue weighted by Crippen LogP contribution is -2.35. The van der Waals surface area contributed by atoms with Crippen LogP contribution in [0.25, 0.3) is 0 Å². The second-order valence-corrected chi connectivity index (χ2v) is 4.99. The molecule has 1 rings (SSSR count). The normalized spacial score (nSPS) is 14.1. The number of nitrogens with two attached hydrogens (primary N) is 2. The molecule has 6 N–H and O–H groups in total. The van der Waals surface area contributed by atoms with Gasteiger partial charge in [0.05, 0.1) is 16.9 Å². The van der Waals surface area contributed by atoms with Gasteiger partial charge >= 0.3 is 5.97 Å². The quantitative estimate of drug-likeness (QED) is 0.588. The summed E-state index contributed by atoms with van der Waals surface area (Å²) in [6.07, 6.45) is 1.78. The zero-order valence-corrected chi connectivity index (χ0v) is 11.7. The summed E-state index contributed by atoms with van der Waals surface area (Å²) in [5.74, 6) is -1.05. The van der Waals surface area contributed by atoms with Gasteiger partial charge in [-0.05, 0) is 38.3 Å². The minimum atomic E-state index is -1.05. The second-order valence-electron chi connectivity index (χ2n) is 4.99. The summed E-state index contributed by atoms with van der Waals surface area (Å²) in [6.45, 7) is 6.33. The van der Waals surface area contributed by atoms with Crippen LogP contribution in [-0.2, 0) is 6.42 Å². The average Bonchev–Trinajstić information content (AvgIpc) is 2.34. The van der Waals surface area contributed by atoms with Crippen LogP contribution in [0.1, 0.15) is 43.1 Å². The maximum absolute atomic E-state index is 10.9. The molecule has 0 aromatic heterocycles. The molecule has 0 saturated heterocycles. The van der Waals surface area contributed by atoms with Crippen LogP contribution in [0.4, 0.5) is 11.4 Å². The van der Waals surface area contributed by atoms with Crippen molar-refractivity contribution in [2.45, 2.75) is 45.7 Å². The van der Waals surface area contributed by atoms with E-state index in [1.807, 2.05) is 0 Å². The summed E-state index contributed by atoms with van der Waals surface area (Å²) < 4.78 is 0. The first-order valence-electron chi connectivity index (χ1n) is 6.52. The van der Waals surface area contributed by atoms with E-state index in [-0.39, 0.29) is 17.3 Å². The first kappa shape index (κ1) is 15.3. The van der Waals surface area contributed by atoms with Crippen molar-refractivity contribution >= 4 is 17.3 Å². The zero-order chi connectivity index (χ0) is 14.6. The van der Waals surface area contributed by atoms with E-state index >= 15 is 0 Å². The van der Waals surface area contributed by atoms with Crippen molar-refractivity contribution in [3.63, 3.8) is 0 Å². The van der Waals surface area contributed by atoms with Gasteiger partial charge in [0, 0.05) is 12.1 Å². The predicted octanol–water partition coefficient (Wildman–Crippen LogP) is 1.87. The molecule has 0 aliphatic carbocycles. The maximum Gasteiger partial charge on any atom is 0.337 e. The Kier molecular flexibility index (Phi) is 5.18. The number of aromatic carboxylic acids is 1. The van der Waals surface area contributed by atoms with E-state index < -0.39 is 5.97 Å². The maximum atomic E-state index is 10.9. The Morgan fingerprint density at radius 2 is 1.89 bits per heavy atom. The van der Waals surface area contributed by atoms with E-state index in [0.717, 1.165) is 18.4 Å². The molecular formula is C14H23N3O2. The molecule has 1 aromatic carbocycles. The molecule has 0 aliphatic rings. The van der Waals surface area contributed by atoms with Gasteiger partial charge in [-0.15, -0.1) is 0 Å². The lowest BCUT2D eigenvalue weighted by atomic mass is 10.0. The van der Waals surface area contributed by atoms with Crippen molar-refractivity contribution in [2.24, 2.45) is 0 Å². The largest absolute Gasteiger partial charge is 0.478 e. The molecule has 19 heavy (non-hydrogen) atoms. The number of nitrogen functional groups attached to an aromatic ring is 2. The number of benzene rings is 1. The van der Waals surface area contributed by atoms with Crippen LogP contribution in [0.15, 0.2) is 12.1 Å². The Bertz CT molecular complexity index is 460. The lowest BCUT2D eigenvalue weighted by molar-refractivity contribution is 0.0698. The summed E-state index contributed by atoms with van der Waals surface area (Å²) in [5.41, 5.74) is 13.1. The molecule has 0 heterocycles. The Labute approximate surface area is 114 Å².